The first-order valence-corrected chi connectivity index (χ1v) is 12.3. The van der Waals surface area contributed by atoms with E-state index < -0.39 is 6.75 Å². The second kappa shape index (κ2) is 12.1. The third-order valence-corrected chi connectivity index (χ3v) is 5.53. The van der Waals surface area contributed by atoms with Crippen LogP contribution in [-0.4, -0.2) is 55.6 Å². The Labute approximate surface area is 194 Å². The molecule has 7 heteroatoms. The fraction of sp³-hybridized carbons (Fsp3) is 0.720. The molecule has 1 aromatic rings. The minimum absolute atomic E-state index is 0.0622. The number of ether oxygens (including phenoxy) is 1. The van der Waals surface area contributed by atoms with Gasteiger partial charge in [0.25, 0.3) is 5.91 Å². The van der Waals surface area contributed by atoms with Gasteiger partial charge in [-0.3, -0.25) is 4.79 Å². The molecule has 0 atom stereocenters. The third kappa shape index (κ3) is 7.50. The molecule has 0 aliphatic heterocycles. The summed E-state index contributed by atoms with van der Waals surface area (Å²) in [5.74, 6) is 1.43. The molecule has 1 saturated carbocycles. The average Bonchev–Trinajstić information content (AvgIpc) is 3.51. The van der Waals surface area contributed by atoms with Crippen LogP contribution < -0.4 is 10.2 Å². The van der Waals surface area contributed by atoms with Crippen LogP contribution in [0.25, 0.3) is 0 Å². The van der Waals surface area contributed by atoms with Gasteiger partial charge >= 0.3 is 6.75 Å². The average molecular weight is 448 g/mol. The number of nitrogens with zero attached hydrogens (tertiary/aromatic N) is 1. The quantitative estimate of drug-likeness (QED) is 0.384. The predicted molar refractivity (Wildman–Crippen MR) is 131 cm³/mol. The molecule has 1 fully saturated rings. The van der Waals surface area contributed by atoms with E-state index in [0.717, 1.165) is 12.3 Å². The summed E-state index contributed by atoms with van der Waals surface area (Å²) in [7, 11) is 0. The molecule has 1 aliphatic rings. The summed E-state index contributed by atoms with van der Waals surface area (Å²) < 4.78 is 25.2. The number of hydrogen-bond acceptors (Lipinski definition) is 5. The van der Waals surface area contributed by atoms with E-state index in [0.29, 0.717) is 36.5 Å². The zero-order valence-electron chi connectivity index (χ0n) is 21.3. The second-order valence-electron chi connectivity index (χ2n) is 9.50. The largest absolute Gasteiger partial charge is 0.539 e. The van der Waals surface area contributed by atoms with E-state index >= 15 is 0 Å². The lowest BCUT2D eigenvalue weighted by molar-refractivity contribution is 0.0150. The Morgan fingerprint density at radius 3 is 1.94 bits per heavy atom. The maximum absolute atomic E-state index is 13.5. The van der Waals surface area contributed by atoms with Crippen LogP contribution in [0.5, 0.6) is 5.75 Å². The van der Waals surface area contributed by atoms with Gasteiger partial charge in [0.2, 0.25) is 0 Å². The SMILES string of the molecule is CCN(CC)C(=O)c1ccc(OCCC2CC2)cc1[B-](OC(C)C)(OC(C)C)OC(C)C. The van der Waals surface area contributed by atoms with Crippen molar-refractivity contribution in [2.75, 3.05) is 19.7 Å². The first-order valence-electron chi connectivity index (χ1n) is 12.3. The zero-order chi connectivity index (χ0) is 23.9. The highest BCUT2D eigenvalue weighted by atomic mass is 16.8. The van der Waals surface area contributed by atoms with E-state index in [9.17, 15) is 4.79 Å². The van der Waals surface area contributed by atoms with Crippen molar-refractivity contribution in [3.8, 4) is 5.75 Å². The molecular weight excluding hydrogens is 405 g/mol. The molecule has 182 valence electrons. The molecule has 0 bridgehead atoms. The predicted octanol–water partition coefficient (Wildman–Crippen LogP) is 4.77. The molecular formula is C25H43BNO5-. The van der Waals surface area contributed by atoms with E-state index in [-0.39, 0.29) is 24.2 Å². The Kier molecular flexibility index (Phi) is 10.1. The molecule has 2 rings (SSSR count). The summed E-state index contributed by atoms with van der Waals surface area (Å²) in [6.45, 7) is 15.2. The van der Waals surface area contributed by atoms with Crippen molar-refractivity contribution in [2.45, 2.75) is 93.0 Å². The van der Waals surface area contributed by atoms with Crippen LogP contribution in [0.4, 0.5) is 0 Å². The first-order chi connectivity index (χ1) is 15.1. The van der Waals surface area contributed by atoms with Crippen LogP contribution in [0.15, 0.2) is 18.2 Å². The molecule has 6 nitrogen and oxygen atoms in total. The van der Waals surface area contributed by atoms with Crippen LogP contribution in [0.2, 0.25) is 0 Å². The molecule has 0 N–H and O–H groups in total. The number of amides is 1. The summed E-state index contributed by atoms with van der Waals surface area (Å²) in [6.07, 6.45) is 3.16. The van der Waals surface area contributed by atoms with Gasteiger partial charge in [-0.1, -0.05) is 12.8 Å². The lowest BCUT2D eigenvalue weighted by atomic mass is 9.65. The zero-order valence-corrected chi connectivity index (χ0v) is 21.3. The number of carbonyl (C=O) groups excluding carboxylic acids is 1. The molecule has 1 aromatic carbocycles. The Morgan fingerprint density at radius 1 is 0.969 bits per heavy atom. The minimum atomic E-state index is -2.39. The summed E-state index contributed by atoms with van der Waals surface area (Å²) in [6, 6.07) is 5.58. The van der Waals surface area contributed by atoms with Gasteiger partial charge in [0, 0.05) is 37.0 Å². The summed E-state index contributed by atoms with van der Waals surface area (Å²) in [5, 5.41) is 0. The number of rotatable bonds is 14. The van der Waals surface area contributed by atoms with Gasteiger partial charge in [0.15, 0.2) is 0 Å². The monoisotopic (exact) mass is 448 g/mol. The third-order valence-electron chi connectivity index (χ3n) is 5.53. The van der Waals surface area contributed by atoms with Gasteiger partial charge in [-0.2, -0.15) is 0 Å². The summed E-state index contributed by atoms with van der Waals surface area (Å²) in [5.41, 5.74) is 1.15. The van der Waals surface area contributed by atoms with Crippen molar-refractivity contribution < 1.29 is 23.5 Å². The Bertz CT molecular complexity index is 703. The van der Waals surface area contributed by atoms with Crippen LogP contribution >= 0.6 is 0 Å². The van der Waals surface area contributed by atoms with Crippen molar-refractivity contribution in [1.29, 1.82) is 0 Å². The van der Waals surface area contributed by atoms with Crippen LogP contribution in [-0.2, 0) is 14.0 Å². The smallest absolute Gasteiger partial charge is 0.411 e. The van der Waals surface area contributed by atoms with Crippen molar-refractivity contribution >= 4 is 18.1 Å². The van der Waals surface area contributed by atoms with Crippen molar-refractivity contribution in [3.63, 3.8) is 0 Å². The van der Waals surface area contributed by atoms with Crippen molar-refractivity contribution in [1.82, 2.24) is 4.90 Å². The second-order valence-corrected chi connectivity index (χ2v) is 9.50. The normalized spacial score (nSPS) is 14.5. The fourth-order valence-corrected chi connectivity index (χ4v) is 3.94. The molecule has 1 aliphatic carbocycles. The van der Waals surface area contributed by atoms with Gasteiger partial charge in [0.1, 0.15) is 5.75 Å². The van der Waals surface area contributed by atoms with Crippen molar-refractivity contribution in [2.24, 2.45) is 5.92 Å². The number of benzene rings is 1. The lowest BCUT2D eigenvalue weighted by Crippen LogP contribution is -2.62. The molecule has 0 radical (unpaired) electrons. The highest BCUT2D eigenvalue weighted by Gasteiger charge is 2.38. The van der Waals surface area contributed by atoms with E-state index in [2.05, 4.69) is 0 Å². The van der Waals surface area contributed by atoms with E-state index in [4.69, 9.17) is 18.7 Å². The molecule has 0 heterocycles. The maximum Gasteiger partial charge on any atom is 0.411 e. The fourth-order valence-electron chi connectivity index (χ4n) is 3.94. The topological polar surface area (TPSA) is 57.2 Å². The summed E-state index contributed by atoms with van der Waals surface area (Å²) >= 11 is 0. The van der Waals surface area contributed by atoms with E-state index in [1.165, 1.54) is 12.8 Å². The lowest BCUT2D eigenvalue weighted by Gasteiger charge is -2.47. The van der Waals surface area contributed by atoms with Crippen LogP contribution in [0.3, 0.4) is 0 Å². The Morgan fingerprint density at radius 2 is 1.50 bits per heavy atom. The highest BCUT2D eigenvalue weighted by Crippen LogP contribution is 2.32. The van der Waals surface area contributed by atoms with Gasteiger partial charge < -0.3 is 23.6 Å². The van der Waals surface area contributed by atoms with E-state index in [1.807, 2.05) is 73.6 Å². The molecule has 0 unspecified atom stereocenters. The number of carbonyl (C=O) groups is 1. The standard InChI is InChI=1S/C25H43BNO5/c1-9-27(10-2)25(28)23-14-13-22(29-16-15-21-11-12-21)17-24(23)26(30-18(3)4,31-19(5)6)32-20(7)8/h13-14,17-21H,9-12,15-16H2,1-8H3/q-1. The number of hydrogen-bond donors (Lipinski definition) is 0. The Balaban J connectivity index is 2.58. The maximum atomic E-state index is 13.5. The van der Waals surface area contributed by atoms with Gasteiger partial charge in [-0.25, -0.2) is 0 Å². The van der Waals surface area contributed by atoms with Crippen LogP contribution in [0.1, 0.15) is 85.0 Å². The summed E-state index contributed by atoms with van der Waals surface area (Å²) in [4.78, 5) is 15.3. The van der Waals surface area contributed by atoms with Gasteiger partial charge in [-0.15, -0.1) is 5.46 Å². The Hall–Kier alpha value is -1.57. The minimum Gasteiger partial charge on any atom is -0.539 e. The molecule has 1 amide bonds. The van der Waals surface area contributed by atoms with Crippen LogP contribution in [0, 0.1) is 5.92 Å². The van der Waals surface area contributed by atoms with E-state index in [1.54, 1.807) is 4.90 Å². The van der Waals surface area contributed by atoms with Crippen molar-refractivity contribution in [3.05, 3.63) is 23.8 Å². The highest BCUT2D eigenvalue weighted by molar-refractivity contribution is 6.76. The molecule has 0 spiro atoms. The molecule has 32 heavy (non-hydrogen) atoms. The van der Waals surface area contributed by atoms with Gasteiger partial charge in [0.05, 0.1) is 6.61 Å². The van der Waals surface area contributed by atoms with Gasteiger partial charge in [-0.05, 0) is 85.9 Å². The first kappa shape index (κ1) is 26.7. The molecule has 0 aromatic heterocycles. The molecule has 0 saturated heterocycles.